The molecule has 0 saturated heterocycles. The van der Waals surface area contributed by atoms with Gasteiger partial charge < -0.3 is 15.0 Å². The Kier molecular flexibility index (Phi) is 4.75. The van der Waals surface area contributed by atoms with Crippen LogP contribution >= 0.6 is 0 Å². The normalized spacial score (nSPS) is 12.0. The molecule has 0 fully saturated rings. The van der Waals surface area contributed by atoms with Gasteiger partial charge in [-0.15, -0.1) is 0 Å². The Balaban J connectivity index is 2.37. The smallest absolute Gasteiger partial charge is 0.244 e. The number of fused-ring (bicyclic) bond motifs is 1. The maximum Gasteiger partial charge on any atom is 0.244 e. The Labute approximate surface area is 128 Å². The lowest BCUT2D eigenvalue weighted by Gasteiger charge is -2.21. The molecule has 1 atom stereocenters. The minimum atomic E-state index is -0.491. The summed E-state index contributed by atoms with van der Waals surface area (Å²) < 4.78 is 18.7. The summed E-state index contributed by atoms with van der Waals surface area (Å²) >= 11 is 0. The van der Waals surface area contributed by atoms with Crippen molar-refractivity contribution in [2.24, 2.45) is 0 Å². The van der Waals surface area contributed by atoms with Gasteiger partial charge in [-0.25, -0.2) is 14.4 Å². The average Bonchev–Trinajstić information content (AvgIpc) is 2.52. The van der Waals surface area contributed by atoms with Crippen molar-refractivity contribution < 1.29 is 13.9 Å². The molecule has 0 aliphatic carbocycles. The van der Waals surface area contributed by atoms with E-state index in [2.05, 4.69) is 15.3 Å². The van der Waals surface area contributed by atoms with Crippen molar-refractivity contribution in [2.75, 3.05) is 26.0 Å². The maximum absolute atomic E-state index is 13.7. The standard InChI is InChI=1S/C15H19FN4O2/c1-5-20(3)15(21)9(2)19-14-10-6-13(22-4)11(16)7-12(10)17-8-18-14/h6-9H,5H2,1-4H3,(H,17,18,19). The van der Waals surface area contributed by atoms with Crippen LogP contribution in [0, 0.1) is 5.82 Å². The van der Waals surface area contributed by atoms with Gasteiger partial charge in [-0.3, -0.25) is 4.79 Å². The summed E-state index contributed by atoms with van der Waals surface area (Å²) in [5, 5.41) is 3.65. The molecule has 1 N–H and O–H groups in total. The monoisotopic (exact) mass is 306 g/mol. The van der Waals surface area contributed by atoms with E-state index in [4.69, 9.17) is 4.74 Å². The number of rotatable bonds is 5. The van der Waals surface area contributed by atoms with Crippen LogP contribution in [-0.2, 0) is 4.79 Å². The topological polar surface area (TPSA) is 67.4 Å². The number of carbonyl (C=O) groups excluding carboxylic acids is 1. The van der Waals surface area contributed by atoms with Gasteiger partial charge in [-0.2, -0.15) is 0 Å². The number of aromatic nitrogens is 2. The summed E-state index contributed by atoms with van der Waals surface area (Å²) in [6.45, 7) is 4.27. The zero-order valence-electron chi connectivity index (χ0n) is 13.1. The van der Waals surface area contributed by atoms with E-state index in [9.17, 15) is 9.18 Å². The van der Waals surface area contributed by atoms with Gasteiger partial charge >= 0.3 is 0 Å². The molecule has 0 radical (unpaired) electrons. The van der Waals surface area contributed by atoms with E-state index >= 15 is 0 Å². The molecule has 6 nitrogen and oxygen atoms in total. The summed E-state index contributed by atoms with van der Waals surface area (Å²) in [6, 6.07) is 2.35. The lowest BCUT2D eigenvalue weighted by atomic mass is 10.2. The molecule has 0 bridgehead atoms. The highest BCUT2D eigenvalue weighted by Gasteiger charge is 2.18. The fourth-order valence-corrected chi connectivity index (χ4v) is 2.08. The summed E-state index contributed by atoms with van der Waals surface area (Å²) in [4.78, 5) is 21.9. The Bertz CT molecular complexity index is 693. The van der Waals surface area contributed by atoms with Crippen molar-refractivity contribution in [3.05, 3.63) is 24.3 Å². The fourth-order valence-electron chi connectivity index (χ4n) is 2.08. The number of hydrogen-bond donors (Lipinski definition) is 1. The van der Waals surface area contributed by atoms with E-state index in [1.165, 1.54) is 25.6 Å². The van der Waals surface area contributed by atoms with Crippen LogP contribution in [0.25, 0.3) is 10.9 Å². The third-order valence-corrected chi connectivity index (χ3v) is 3.48. The number of methoxy groups -OCH3 is 1. The van der Waals surface area contributed by atoms with E-state index in [0.29, 0.717) is 23.3 Å². The van der Waals surface area contributed by atoms with Crippen molar-refractivity contribution in [1.82, 2.24) is 14.9 Å². The molecular formula is C15H19FN4O2. The van der Waals surface area contributed by atoms with Crippen molar-refractivity contribution in [3.63, 3.8) is 0 Å². The van der Waals surface area contributed by atoms with Crippen LogP contribution in [0.4, 0.5) is 10.2 Å². The molecule has 118 valence electrons. The Hall–Kier alpha value is -2.44. The predicted molar refractivity (Wildman–Crippen MR) is 82.4 cm³/mol. The van der Waals surface area contributed by atoms with E-state index < -0.39 is 11.9 Å². The fraction of sp³-hybridized carbons (Fsp3) is 0.400. The quantitative estimate of drug-likeness (QED) is 0.916. The first kappa shape index (κ1) is 15.9. The average molecular weight is 306 g/mol. The number of hydrogen-bond acceptors (Lipinski definition) is 5. The van der Waals surface area contributed by atoms with Gasteiger partial charge in [0.05, 0.1) is 12.6 Å². The van der Waals surface area contributed by atoms with Crippen molar-refractivity contribution in [3.8, 4) is 5.75 Å². The first-order valence-corrected chi connectivity index (χ1v) is 6.97. The second-order valence-corrected chi connectivity index (χ2v) is 4.94. The van der Waals surface area contributed by atoms with Gasteiger partial charge in [0, 0.05) is 25.0 Å². The number of carbonyl (C=O) groups is 1. The molecule has 0 aliphatic heterocycles. The van der Waals surface area contributed by atoms with Gasteiger partial charge in [-0.1, -0.05) is 0 Å². The molecule has 1 aromatic carbocycles. The molecule has 0 saturated carbocycles. The van der Waals surface area contributed by atoms with Crippen LogP contribution in [0.15, 0.2) is 18.5 Å². The van der Waals surface area contributed by atoms with Crippen LogP contribution in [0.5, 0.6) is 5.75 Å². The Morgan fingerprint density at radius 2 is 2.18 bits per heavy atom. The van der Waals surface area contributed by atoms with E-state index in [-0.39, 0.29) is 11.7 Å². The van der Waals surface area contributed by atoms with Crippen LogP contribution < -0.4 is 10.1 Å². The highest BCUT2D eigenvalue weighted by atomic mass is 19.1. The molecule has 1 unspecified atom stereocenters. The number of amides is 1. The molecule has 1 aromatic heterocycles. The van der Waals surface area contributed by atoms with Crippen molar-refractivity contribution in [1.29, 1.82) is 0 Å². The molecule has 0 spiro atoms. The van der Waals surface area contributed by atoms with Crippen LogP contribution in [0.2, 0.25) is 0 Å². The minimum Gasteiger partial charge on any atom is -0.494 e. The second kappa shape index (κ2) is 6.55. The molecule has 1 heterocycles. The minimum absolute atomic E-state index is 0.0525. The number of halogens is 1. The maximum atomic E-state index is 13.7. The van der Waals surface area contributed by atoms with Crippen molar-refractivity contribution >= 4 is 22.6 Å². The van der Waals surface area contributed by atoms with E-state index in [0.717, 1.165) is 0 Å². The van der Waals surface area contributed by atoms with Gasteiger partial charge in [0.1, 0.15) is 18.2 Å². The third kappa shape index (κ3) is 3.08. The highest BCUT2D eigenvalue weighted by Crippen LogP contribution is 2.27. The van der Waals surface area contributed by atoms with Crippen LogP contribution in [0.1, 0.15) is 13.8 Å². The number of anilines is 1. The number of likely N-dealkylation sites (N-methyl/N-ethyl adjacent to an activating group) is 1. The Morgan fingerprint density at radius 3 is 2.82 bits per heavy atom. The SMILES string of the molecule is CCN(C)C(=O)C(C)Nc1ncnc2cc(F)c(OC)cc12. The summed E-state index contributed by atoms with van der Waals surface area (Å²) in [5.74, 6) is 0.0292. The number of benzene rings is 1. The van der Waals surface area contributed by atoms with Crippen LogP contribution in [-0.4, -0.2) is 47.5 Å². The first-order chi connectivity index (χ1) is 10.5. The molecule has 0 aliphatic rings. The van der Waals surface area contributed by atoms with E-state index in [1.54, 1.807) is 18.9 Å². The molecule has 22 heavy (non-hydrogen) atoms. The van der Waals surface area contributed by atoms with Gasteiger partial charge in [0.2, 0.25) is 5.91 Å². The molecule has 2 aromatic rings. The molecule has 1 amide bonds. The highest BCUT2D eigenvalue weighted by molar-refractivity contribution is 5.92. The molecular weight excluding hydrogens is 287 g/mol. The predicted octanol–water partition coefficient (Wildman–Crippen LogP) is 2.06. The van der Waals surface area contributed by atoms with Gasteiger partial charge in [-0.05, 0) is 19.9 Å². The molecule has 2 rings (SSSR count). The van der Waals surface area contributed by atoms with Gasteiger partial charge in [0.25, 0.3) is 0 Å². The zero-order valence-corrected chi connectivity index (χ0v) is 13.1. The first-order valence-electron chi connectivity index (χ1n) is 6.97. The van der Waals surface area contributed by atoms with Crippen LogP contribution in [0.3, 0.4) is 0 Å². The largest absolute Gasteiger partial charge is 0.494 e. The Morgan fingerprint density at radius 1 is 1.45 bits per heavy atom. The summed E-state index contributed by atoms with van der Waals surface area (Å²) in [5.41, 5.74) is 0.444. The van der Waals surface area contributed by atoms with Crippen molar-refractivity contribution in [2.45, 2.75) is 19.9 Å². The second-order valence-electron chi connectivity index (χ2n) is 4.94. The van der Waals surface area contributed by atoms with Gasteiger partial charge in [0.15, 0.2) is 11.6 Å². The third-order valence-electron chi connectivity index (χ3n) is 3.48. The molecule has 7 heteroatoms. The number of nitrogens with one attached hydrogen (secondary N) is 1. The summed E-state index contributed by atoms with van der Waals surface area (Å²) in [6.07, 6.45) is 1.33. The zero-order chi connectivity index (χ0) is 16.3. The lowest BCUT2D eigenvalue weighted by molar-refractivity contribution is -0.130. The summed E-state index contributed by atoms with van der Waals surface area (Å²) in [7, 11) is 3.13. The number of ether oxygens (including phenoxy) is 1. The number of nitrogens with zero attached hydrogens (tertiary/aromatic N) is 3. The van der Waals surface area contributed by atoms with E-state index in [1.807, 2.05) is 6.92 Å². The lowest BCUT2D eigenvalue weighted by Crippen LogP contribution is -2.39.